The highest BCUT2D eigenvalue weighted by Crippen LogP contribution is 2.26. The third kappa shape index (κ3) is 4.70. The monoisotopic (exact) mass is 356 g/mol. The summed E-state index contributed by atoms with van der Waals surface area (Å²) in [7, 11) is -3.14. The molecule has 2 aliphatic rings. The van der Waals surface area contributed by atoms with Crippen molar-refractivity contribution < 1.29 is 13.2 Å². The van der Waals surface area contributed by atoms with Crippen molar-refractivity contribution in [1.29, 1.82) is 0 Å². The van der Waals surface area contributed by atoms with Crippen molar-refractivity contribution in [3.05, 3.63) is 29.8 Å². The van der Waals surface area contributed by atoms with Crippen LogP contribution in [0.4, 0.5) is 0 Å². The van der Waals surface area contributed by atoms with E-state index in [2.05, 4.69) is 10.6 Å². The van der Waals surface area contributed by atoms with Gasteiger partial charge in [0, 0.05) is 30.6 Å². The number of nitrogens with one attached hydrogen (secondary N) is 2. The summed E-state index contributed by atoms with van der Waals surface area (Å²) in [6.45, 7) is 2.41. The first-order valence-electron chi connectivity index (χ1n) is 8.02. The van der Waals surface area contributed by atoms with Gasteiger partial charge in [-0.25, -0.2) is 8.42 Å². The summed E-state index contributed by atoms with van der Waals surface area (Å²) in [6.07, 6.45) is 3.78. The van der Waals surface area contributed by atoms with Gasteiger partial charge in [-0.15, -0.1) is 0 Å². The number of rotatable bonds is 5. The van der Waals surface area contributed by atoms with E-state index in [1.54, 1.807) is 12.1 Å². The molecule has 0 amide bonds. The van der Waals surface area contributed by atoms with Gasteiger partial charge in [0.1, 0.15) is 6.23 Å². The molecule has 3 rings (SSSR count). The van der Waals surface area contributed by atoms with Crippen LogP contribution in [0, 0.1) is 0 Å². The van der Waals surface area contributed by atoms with Crippen LogP contribution in [0.1, 0.15) is 24.4 Å². The van der Waals surface area contributed by atoms with Gasteiger partial charge in [0.25, 0.3) is 0 Å². The van der Waals surface area contributed by atoms with Crippen molar-refractivity contribution in [1.82, 2.24) is 10.6 Å². The number of hydrogen-bond acceptors (Lipinski definition) is 6. The fourth-order valence-corrected chi connectivity index (χ4v) is 4.77. The summed E-state index contributed by atoms with van der Waals surface area (Å²) in [5, 5.41) is 7.53. The van der Waals surface area contributed by atoms with Gasteiger partial charge >= 0.3 is 0 Å². The zero-order valence-corrected chi connectivity index (χ0v) is 15.0. The summed E-state index contributed by atoms with van der Waals surface area (Å²) in [4.78, 5) is 0.357. The highest BCUT2D eigenvalue weighted by molar-refractivity contribution is 8.00. The van der Waals surface area contributed by atoms with Gasteiger partial charge in [-0.2, -0.15) is 11.8 Å². The second-order valence-electron chi connectivity index (χ2n) is 6.18. The molecule has 0 spiro atoms. The van der Waals surface area contributed by atoms with Gasteiger partial charge in [0.05, 0.1) is 11.5 Å². The van der Waals surface area contributed by atoms with Gasteiger partial charge in [-0.1, -0.05) is 12.1 Å². The lowest BCUT2D eigenvalue weighted by Gasteiger charge is -2.32. The highest BCUT2D eigenvalue weighted by atomic mass is 32.2. The zero-order chi connectivity index (χ0) is 16.3. The normalized spacial score (nSPS) is 28.8. The van der Waals surface area contributed by atoms with E-state index in [4.69, 9.17) is 4.74 Å². The fourth-order valence-electron chi connectivity index (χ4n) is 2.97. The van der Waals surface area contributed by atoms with E-state index >= 15 is 0 Å². The van der Waals surface area contributed by atoms with Crippen molar-refractivity contribution >= 4 is 21.6 Å². The van der Waals surface area contributed by atoms with Crippen molar-refractivity contribution in [2.24, 2.45) is 0 Å². The Morgan fingerprint density at radius 2 is 2.04 bits per heavy atom. The summed E-state index contributed by atoms with van der Waals surface area (Å²) in [5.41, 5.74) is 1.08. The molecule has 3 atom stereocenters. The maximum atomic E-state index is 11.5. The molecule has 5 nitrogen and oxygen atoms in total. The average molecular weight is 357 g/mol. The summed E-state index contributed by atoms with van der Waals surface area (Å²) < 4.78 is 29.1. The van der Waals surface area contributed by atoms with Gasteiger partial charge in [0.15, 0.2) is 9.84 Å². The van der Waals surface area contributed by atoms with Crippen LogP contribution in [-0.4, -0.2) is 51.6 Å². The number of benzene rings is 1. The maximum Gasteiger partial charge on any atom is 0.175 e. The molecule has 0 radical (unpaired) electrons. The molecule has 1 aromatic rings. The lowest BCUT2D eigenvalue weighted by molar-refractivity contribution is 0.00957. The minimum atomic E-state index is -3.14. The number of ether oxygens (including phenoxy) is 1. The molecular formula is C16H24N2O3S2. The van der Waals surface area contributed by atoms with Crippen LogP contribution in [-0.2, 0) is 14.6 Å². The van der Waals surface area contributed by atoms with E-state index in [1.807, 2.05) is 23.9 Å². The Labute approximate surface area is 142 Å². The van der Waals surface area contributed by atoms with Crippen molar-refractivity contribution in [2.75, 3.05) is 31.7 Å². The second-order valence-corrected chi connectivity index (χ2v) is 9.60. The third-order valence-electron chi connectivity index (χ3n) is 4.28. The number of hydrogen-bond donors (Lipinski definition) is 2. The van der Waals surface area contributed by atoms with E-state index < -0.39 is 9.84 Å². The van der Waals surface area contributed by atoms with E-state index in [1.165, 1.54) is 24.9 Å². The van der Waals surface area contributed by atoms with Gasteiger partial charge in [-0.3, -0.25) is 5.32 Å². The molecule has 0 aromatic heterocycles. The minimum Gasteiger partial charge on any atom is -0.361 e. The Morgan fingerprint density at radius 3 is 2.70 bits per heavy atom. The molecule has 0 aliphatic carbocycles. The topological polar surface area (TPSA) is 67.4 Å². The Kier molecular flexibility index (Phi) is 5.64. The van der Waals surface area contributed by atoms with Crippen molar-refractivity contribution in [2.45, 2.75) is 35.3 Å². The van der Waals surface area contributed by atoms with E-state index in [-0.39, 0.29) is 12.3 Å². The summed E-state index contributed by atoms with van der Waals surface area (Å²) in [6, 6.07) is 7.24. The Morgan fingerprint density at radius 1 is 1.26 bits per heavy atom. The van der Waals surface area contributed by atoms with Crippen LogP contribution < -0.4 is 10.6 Å². The van der Waals surface area contributed by atoms with Crippen molar-refractivity contribution in [3.63, 3.8) is 0 Å². The highest BCUT2D eigenvalue weighted by Gasteiger charge is 2.24. The first kappa shape index (κ1) is 17.2. The molecule has 23 heavy (non-hydrogen) atoms. The van der Waals surface area contributed by atoms with Gasteiger partial charge in [-0.05, 0) is 36.3 Å². The standard InChI is InChI=1S/C16H24N2O3S2/c1-23(19,20)14-6-4-12(5-7-14)15-9-17-10-16(18-15)21-11-13-3-2-8-22-13/h4-7,13,15-18H,2-3,8-11H2,1H3/t13-,15?,16?/m1/s1. The molecule has 0 saturated carbocycles. The molecular weight excluding hydrogens is 332 g/mol. The molecule has 2 N–H and O–H groups in total. The van der Waals surface area contributed by atoms with Gasteiger partial charge in [0.2, 0.25) is 0 Å². The smallest absolute Gasteiger partial charge is 0.175 e. The summed E-state index contributed by atoms with van der Waals surface area (Å²) >= 11 is 2.00. The predicted octanol–water partition coefficient (Wildman–Crippen LogP) is 1.56. The first-order chi connectivity index (χ1) is 11.0. The Bertz CT molecular complexity index is 613. The Hall–Kier alpha value is -0.600. The van der Waals surface area contributed by atoms with Crippen LogP contribution in [0.5, 0.6) is 0 Å². The van der Waals surface area contributed by atoms with Crippen molar-refractivity contribution in [3.8, 4) is 0 Å². The quantitative estimate of drug-likeness (QED) is 0.835. The second kappa shape index (κ2) is 7.53. The molecule has 0 bridgehead atoms. The fraction of sp³-hybridized carbons (Fsp3) is 0.625. The number of sulfone groups is 1. The molecule has 7 heteroatoms. The maximum absolute atomic E-state index is 11.5. The number of piperazine rings is 1. The van der Waals surface area contributed by atoms with Crippen LogP contribution in [0.15, 0.2) is 29.2 Å². The third-order valence-corrected chi connectivity index (χ3v) is 6.78. The predicted molar refractivity (Wildman–Crippen MR) is 93.5 cm³/mol. The zero-order valence-electron chi connectivity index (χ0n) is 13.3. The first-order valence-corrected chi connectivity index (χ1v) is 11.0. The molecule has 2 heterocycles. The van der Waals surface area contributed by atoms with Gasteiger partial charge < -0.3 is 10.1 Å². The molecule has 2 fully saturated rings. The van der Waals surface area contributed by atoms with Crippen LogP contribution in [0.25, 0.3) is 0 Å². The molecule has 2 saturated heterocycles. The SMILES string of the molecule is CS(=O)(=O)c1ccc(C2CNCC(OC[C@H]3CCCS3)N2)cc1. The van der Waals surface area contributed by atoms with Crippen LogP contribution in [0.3, 0.4) is 0 Å². The largest absolute Gasteiger partial charge is 0.361 e. The lowest BCUT2D eigenvalue weighted by atomic mass is 10.1. The van der Waals surface area contributed by atoms with E-state index in [0.717, 1.165) is 25.3 Å². The minimum absolute atomic E-state index is 0.00420. The molecule has 2 unspecified atom stereocenters. The molecule has 1 aromatic carbocycles. The van der Waals surface area contributed by atoms with Crippen LogP contribution >= 0.6 is 11.8 Å². The van der Waals surface area contributed by atoms with Crippen LogP contribution in [0.2, 0.25) is 0 Å². The van der Waals surface area contributed by atoms with E-state index in [0.29, 0.717) is 10.1 Å². The number of thioether (sulfide) groups is 1. The molecule has 2 aliphatic heterocycles. The van der Waals surface area contributed by atoms with E-state index in [9.17, 15) is 8.42 Å². The Balaban J connectivity index is 1.57. The molecule has 128 valence electrons. The lowest BCUT2D eigenvalue weighted by Crippen LogP contribution is -2.51. The average Bonchev–Trinajstić information content (AvgIpc) is 3.06. The summed E-state index contributed by atoms with van der Waals surface area (Å²) in [5.74, 6) is 1.25.